The summed E-state index contributed by atoms with van der Waals surface area (Å²) in [5.74, 6) is 0. The van der Waals surface area contributed by atoms with Gasteiger partial charge in [-0.2, -0.15) is 0 Å². The number of hydrogen-bond acceptors (Lipinski definition) is 0. The van der Waals surface area contributed by atoms with Crippen LogP contribution >= 0.6 is 0 Å². The lowest BCUT2D eigenvalue weighted by atomic mass is 9.74. The van der Waals surface area contributed by atoms with Crippen LogP contribution in [-0.2, 0) is 11.0 Å². The fraction of sp³-hybridized carbons (Fsp3) is 0.333. The van der Waals surface area contributed by atoms with E-state index in [4.69, 9.17) is 0 Å². The van der Waals surface area contributed by atoms with Gasteiger partial charge >= 0.3 is 0 Å². The van der Waals surface area contributed by atoms with Gasteiger partial charge in [0.1, 0.15) is 0 Å². The normalized spacial score (nSPS) is 25.0. The zero-order chi connectivity index (χ0) is 15.7. The van der Waals surface area contributed by atoms with Crippen molar-refractivity contribution in [1.82, 2.24) is 4.57 Å². The van der Waals surface area contributed by atoms with Gasteiger partial charge in [0.25, 0.3) is 0 Å². The van der Waals surface area contributed by atoms with Gasteiger partial charge in [0, 0.05) is 22.0 Å². The Kier molecular flexibility index (Phi) is 2.50. The lowest BCUT2D eigenvalue weighted by Gasteiger charge is -2.29. The van der Waals surface area contributed by atoms with Gasteiger partial charge < -0.3 is 4.57 Å². The van der Waals surface area contributed by atoms with E-state index in [2.05, 4.69) is 87.8 Å². The molecule has 1 heteroatoms. The van der Waals surface area contributed by atoms with E-state index >= 15 is 0 Å². The molecule has 22 heavy (non-hydrogen) atoms. The van der Waals surface area contributed by atoms with E-state index in [1.165, 1.54) is 33.3 Å². The zero-order valence-corrected chi connectivity index (χ0v) is 14.1. The number of aryl methyl sites for hydroxylation is 2. The number of aromatic nitrogens is 1. The summed E-state index contributed by atoms with van der Waals surface area (Å²) in [6, 6.07) is 6.85. The Labute approximate surface area is 132 Å². The van der Waals surface area contributed by atoms with Crippen LogP contribution < -0.4 is 0 Å². The third-order valence-electron chi connectivity index (χ3n) is 5.56. The molecule has 1 aliphatic heterocycles. The Bertz CT molecular complexity index is 886. The highest BCUT2D eigenvalue weighted by Crippen LogP contribution is 2.54. The second-order valence-electron chi connectivity index (χ2n) is 7.42. The van der Waals surface area contributed by atoms with Gasteiger partial charge in [0.05, 0.1) is 5.54 Å². The van der Waals surface area contributed by atoms with E-state index in [0.717, 1.165) is 0 Å². The van der Waals surface area contributed by atoms with Gasteiger partial charge in [-0.3, -0.25) is 0 Å². The summed E-state index contributed by atoms with van der Waals surface area (Å²) >= 11 is 0. The minimum atomic E-state index is -0.0238. The highest BCUT2D eigenvalue weighted by atomic mass is 15.1. The SMILES string of the molecule is Cc1ccc2c(c1)c(C)c1n2C(C)(C)C2=CC=CC=CC21C. The first kappa shape index (κ1) is 13.6. The van der Waals surface area contributed by atoms with Crippen LogP contribution in [0.15, 0.2) is 54.2 Å². The summed E-state index contributed by atoms with van der Waals surface area (Å²) in [7, 11) is 0. The minimum Gasteiger partial charge on any atom is -0.334 e. The third-order valence-corrected chi connectivity index (χ3v) is 5.56. The molecular formula is C21H23N. The number of rotatable bonds is 0. The highest BCUT2D eigenvalue weighted by molar-refractivity contribution is 5.88. The van der Waals surface area contributed by atoms with E-state index in [1.807, 2.05) is 0 Å². The molecule has 1 unspecified atom stereocenters. The van der Waals surface area contributed by atoms with Crippen LogP contribution in [0.1, 0.15) is 37.6 Å². The summed E-state index contributed by atoms with van der Waals surface area (Å²) in [6.07, 6.45) is 11.2. The predicted octanol–water partition coefficient (Wildman–Crippen LogP) is 5.32. The van der Waals surface area contributed by atoms with Crippen molar-refractivity contribution in [3.8, 4) is 0 Å². The average molecular weight is 289 g/mol. The maximum atomic E-state index is 2.56. The second kappa shape index (κ2) is 4.04. The van der Waals surface area contributed by atoms with Crippen molar-refractivity contribution < 1.29 is 0 Å². The topological polar surface area (TPSA) is 4.93 Å². The number of benzene rings is 1. The Hall–Kier alpha value is -2.02. The molecule has 0 spiro atoms. The molecule has 0 amide bonds. The number of nitrogens with zero attached hydrogens (tertiary/aromatic N) is 1. The molecule has 2 aromatic rings. The lowest BCUT2D eigenvalue weighted by Crippen LogP contribution is -2.27. The molecule has 1 nitrogen and oxygen atoms in total. The standard InChI is InChI=1S/C21H23N/c1-14-10-11-17-16(13-14)15(2)19-21(5)12-8-6-7-9-18(21)20(3,4)22(17)19/h6-13H,1-5H3. The number of allylic oxidation sites excluding steroid dienone is 6. The summed E-state index contributed by atoms with van der Waals surface area (Å²) in [4.78, 5) is 0. The van der Waals surface area contributed by atoms with Gasteiger partial charge in [-0.05, 0) is 57.9 Å². The Morgan fingerprint density at radius 3 is 2.50 bits per heavy atom. The first-order valence-electron chi connectivity index (χ1n) is 8.07. The fourth-order valence-electron chi connectivity index (χ4n) is 4.66. The van der Waals surface area contributed by atoms with Gasteiger partial charge in [-0.15, -0.1) is 0 Å². The molecule has 1 aromatic carbocycles. The third kappa shape index (κ3) is 1.44. The molecule has 0 radical (unpaired) electrons. The quantitative estimate of drug-likeness (QED) is 0.619. The van der Waals surface area contributed by atoms with Crippen molar-refractivity contribution in [3.63, 3.8) is 0 Å². The van der Waals surface area contributed by atoms with Gasteiger partial charge in [-0.1, -0.05) is 42.0 Å². The summed E-state index contributed by atoms with van der Waals surface area (Å²) < 4.78 is 2.56. The van der Waals surface area contributed by atoms with Gasteiger partial charge in [0.15, 0.2) is 0 Å². The van der Waals surface area contributed by atoms with E-state index in [0.29, 0.717) is 0 Å². The largest absolute Gasteiger partial charge is 0.334 e. The fourth-order valence-corrected chi connectivity index (χ4v) is 4.66. The number of hydrogen-bond donors (Lipinski definition) is 0. The van der Waals surface area contributed by atoms with Crippen LogP contribution in [0.25, 0.3) is 10.9 Å². The molecule has 0 saturated heterocycles. The second-order valence-corrected chi connectivity index (χ2v) is 7.42. The predicted molar refractivity (Wildman–Crippen MR) is 94.4 cm³/mol. The van der Waals surface area contributed by atoms with Crippen molar-refractivity contribution in [2.24, 2.45) is 0 Å². The molecule has 0 fully saturated rings. The molecular weight excluding hydrogens is 266 g/mol. The molecule has 0 saturated carbocycles. The molecule has 2 heterocycles. The first-order valence-corrected chi connectivity index (χ1v) is 8.07. The molecule has 0 bridgehead atoms. The van der Waals surface area contributed by atoms with E-state index in [-0.39, 0.29) is 11.0 Å². The average Bonchev–Trinajstić information content (AvgIpc) is 2.72. The summed E-state index contributed by atoms with van der Waals surface area (Å²) in [6.45, 7) is 11.5. The number of fused-ring (bicyclic) bond motifs is 5. The maximum Gasteiger partial charge on any atom is 0.0619 e. The van der Waals surface area contributed by atoms with Gasteiger partial charge in [0.2, 0.25) is 0 Å². The Morgan fingerprint density at radius 2 is 1.73 bits per heavy atom. The Morgan fingerprint density at radius 1 is 0.955 bits per heavy atom. The monoisotopic (exact) mass is 289 g/mol. The zero-order valence-electron chi connectivity index (χ0n) is 14.1. The lowest BCUT2D eigenvalue weighted by molar-refractivity contribution is 0.460. The minimum absolute atomic E-state index is 0.00906. The van der Waals surface area contributed by atoms with Crippen LogP contribution in [0.3, 0.4) is 0 Å². The van der Waals surface area contributed by atoms with Crippen molar-refractivity contribution in [2.45, 2.75) is 45.6 Å². The molecule has 1 atom stereocenters. The molecule has 4 rings (SSSR count). The van der Waals surface area contributed by atoms with E-state index < -0.39 is 0 Å². The van der Waals surface area contributed by atoms with Crippen LogP contribution in [0, 0.1) is 13.8 Å². The van der Waals surface area contributed by atoms with Gasteiger partial charge in [-0.25, -0.2) is 0 Å². The molecule has 1 aromatic heterocycles. The van der Waals surface area contributed by atoms with E-state index in [9.17, 15) is 0 Å². The molecule has 112 valence electrons. The van der Waals surface area contributed by atoms with Crippen molar-refractivity contribution in [1.29, 1.82) is 0 Å². The van der Waals surface area contributed by atoms with E-state index in [1.54, 1.807) is 0 Å². The van der Waals surface area contributed by atoms with Crippen LogP contribution in [0.4, 0.5) is 0 Å². The maximum absolute atomic E-state index is 2.56. The molecule has 1 aliphatic carbocycles. The summed E-state index contributed by atoms with van der Waals surface area (Å²) in [5.41, 5.74) is 7.00. The first-order chi connectivity index (χ1) is 10.4. The van der Waals surface area contributed by atoms with Crippen molar-refractivity contribution >= 4 is 10.9 Å². The van der Waals surface area contributed by atoms with Crippen LogP contribution in [0.2, 0.25) is 0 Å². The summed E-state index contributed by atoms with van der Waals surface area (Å²) in [5, 5.41) is 1.40. The van der Waals surface area contributed by atoms with Crippen molar-refractivity contribution in [3.05, 3.63) is 71.0 Å². The van der Waals surface area contributed by atoms with Crippen molar-refractivity contribution in [2.75, 3.05) is 0 Å². The smallest absolute Gasteiger partial charge is 0.0619 e. The Balaban J connectivity index is 2.19. The molecule has 0 N–H and O–H groups in total. The van der Waals surface area contributed by atoms with Crippen LogP contribution in [0.5, 0.6) is 0 Å². The molecule has 2 aliphatic rings. The highest BCUT2D eigenvalue weighted by Gasteiger charge is 2.50. The van der Waals surface area contributed by atoms with Crippen LogP contribution in [-0.4, -0.2) is 4.57 Å².